The lowest BCUT2D eigenvalue weighted by atomic mass is 9.97. The molecule has 0 saturated carbocycles. The summed E-state index contributed by atoms with van der Waals surface area (Å²) in [6.45, 7) is 4.75. The first-order valence-electron chi connectivity index (χ1n) is 10.2. The number of hydrogen-bond donors (Lipinski definition) is 2. The fourth-order valence-electron chi connectivity index (χ4n) is 3.12. The molecular weight excluding hydrogens is 402 g/mol. The van der Waals surface area contributed by atoms with Gasteiger partial charge in [0.05, 0.1) is 5.41 Å². The molecule has 0 bridgehead atoms. The van der Waals surface area contributed by atoms with E-state index in [0.29, 0.717) is 12.8 Å². The van der Waals surface area contributed by atoms with Crippen LogP contribution in [0.3, 0.4) is 0 Å². The number of amides is 1. The van der Waals surface area contributed by atoms with Crippen LogP contribution < -0.4 is 10.1 Å². The van der Waals surface area contributed by atoms with Crippen molar-refractivity contribution in [2.75, 3.05) is 0 Å². The molecule has 2 N–H and O–H groups in total. The molecule has 0 unspecified atom stereocenters. The van der Waals surface area contributed by atoms with Crippen LogP contribution >= 0.6 is 0 Å². The first kappa shape index (κ1) is 22.5. The number of carbonyl (C=O) groups is 2. The van der Waals surface area contributed by atoms with E-state index in [0.717, 1.165) is 35.0 Å². The number of esters is 1. The number of para-hydroxylation sites is 1. The summed E-state index contributed by atoms with van der Waals surface area (Å²) >= 11 is 0. The smallest absolute Gasteiger partial charge is 0.316 e. The fourth-order valence-corrected chi connectivity index (χ4v) is 3.12. The van der Waals surface area contributed by atoms with Crippen molar-refractivity contribution in [1.29, 1.82) is 0 Å². The third kappa shape index (κ3) is 5.69. The number of halogens is 2. The van der Waals surface area contributed by atoms with E-state index in [1.54, 1.807) is 20.8 Å². The second kappa shape index (κ2) is 9.29. The molecule has 0 aliphatic rings. The van der Waals surface area contributed by atoms with Gasteiger partial charge < -0.3 is 15.0 Å². The fraction of sp³-hybridized carbons (Fsp3) is 0.333. The molecule has 3 rings (SSSR count). The van der Waals surface area contributed by atoms with Gasteiger partial charge >= 0.3 is 5.97 Å². The predicted octanol–water partition coefficient (Wildman–Crippen LogP) is 5.04. The largest absolute Gasteiger partial charge is 0.420 e. The van der Waals surface area contributed by atoms with E-state index in [1.807, 2.05) is 30.5 Å². The van der Waals surface area contributed by atoms with Crippen molar-refractivity contribution >= 4 is 22.8 Å². The van der Waals surface area contributed by atoms with Crippen LogP contribution in [0.5, 0.6) is 5.75 Å². The minimum absolute atomic E-state index is 0.0206. The summed E-state index contributed by atoms with van der Waals surface area (Å²) in [6, 6.07) is 10.1. The number of aromatic amines is 1. The number of aromatic nitrogens is 1. The van der Waals surface area contributed by atoms with Gasteiger partial charge in [-0.25, -0.2) is 8.78 Å². The Balaban J connectivity index is 1.51. The molecule has 2 aromatic carbocycles. The van der Waals surface area contributed by atoms with Gasteiger partial charge in [0, 0.05) is 30.1 Å². The maximum Gasteiger partial charge on any atom is 0.316 e. The van der Waals surface area contributed by atoms with Crippen molar-refractivity contribution in [3.63, 3.8) is 0 Å². The Morgan fingerprint density at radius 3 is 2.45 bits per heavy atom. The molecule has 0 radical (unpaired) electrons. The van der Waals surface area contributed by atoms with Gasteiger partial charge in [0.15, 0.2) is 11.6 Å². The minimum atomic E-state index is -0.985. The number of carbonyl (C=O) groups excluding carboxylic acids is 2. The summed E-state index contributed by atoms with van der Waals surface area (Å²) in [6.07, 6.45) is 3.64. The second-order valence-electron chi connectivity index (χ2n) is 8.52. The molecule has 1 aromatic heterocycles. The monoisotopic (exact) mass is 428 g/mol. The van der Waals surface area contributed by atoms with Crippen molar-refractivity contribution in [3.05, 3.63) is 65.4 Å². The van der Waals surface area contributed by atoms with Crippen LogP contribution in [0.2, 0.25) is 0 Å². The normalized spacial score (nSPS) is 11.5. The maximum absolute atomic E-state index is 14.2. The SMILES string of the molecule is CC(C)(C)C(=O)Oc1c(F)cc(CNC(=O)CCCc2c[nH]c3ccccc23)cc1F. The van der Waals surface area contributed by atoms with E-state index in [-0.39, 0.29) is 18.0 Å². The second-order valence-corrected chi connectivity index (χ2v) is 8.52. The van der Waals surface area contributed by atoms with E-state index in [9.17, 15) is 18.4 Å². The Morgan fingerprint density at radius 2 is 1.77 bits per heavy atom. The van der Waals surface area contributed by atoms with Gasteiger partial charge in [-0.2, -0.15) is 0 Å². The first-order valence-corrected chi connectivity index (χ1v) is 10.2. The number of ether oxygens (including phenoxy) is 1. The molecule has 7 heteroatoms. The van der Waals surface area contributed by atoms with Crippen LogP contribution in [-0.4, -0.2) is 16.9 Å². The molecule has 0 saturated heterocycles. The number of rotatable bonds is 7. The first-order chi connectivity index (χ1) is 14.6. The van der Waals surface area contributed by atoms with E-state index in [2.05, 4.69) is 10.3 Å². The minimum Gasteiger partial charge on any atom is -0.420 e. The summed E-state index contributed by atoms with van der Waals surface area (Å²) in [5, 5.41) is 3.81. The van der Waals surface area contributed by atoms with Crippen LogP contribution in [0.15, 0.2) is 42.6 Å². The highest BCUT2D eigenvalue weighted by atomic mass is 19.1. The van der Waals surface area contributed by atoms with Crippen molar-refractivity contribution < 1.29 is 23.1 Å². The van der Waals surface area contributed by atoms with Crippen molar-refractivity contribution in [1.82, 2.24) is 10.3 Å². The van der Waals surface area contributed by atoms with Crippen LogP contribution in [0, 0.1) is 17.0 Å². The lowest BCUT2D eigenvalue weighted by Crippen LogP contribution is -2.26. The summed E-state index contributed by atoms with van der Waals surface area (Å²) in [5.41, 5.74) is 1.56. The Morgan fingerprint density at radius 1 is 1.10 bits per heavy atom. The Labute approximate surface area is 179 Å². The van der Waals surface area contributed by atoms with Crippen LogP contribution in [-0.2, 0) is 22.6 Å². The van der Waals surface area contributed by atoms with Crippen molar-refractivity contribution in [2.24, 2.45) is 5.41 Å². The molecule has 3 aromatic rings. The van der Waals surface area contributed by atoms with E-state index in [4.69, 9.17) is 4.74 Å². The summed E-state index contributed by atoms with van der Waals surface area (Å²) < 4.78 is 33.3. The van der Waals surface area contributed by atoms with Gasteiger partial charge in [-0.15, -0.1) is 0 Å². The number of aryl methyl sites for hydroxylation is 1. The van der Waals surface area contributed by atoms with E-state index < -0.39 is 28.8 Å². The third-order valence-electron chi connectivity index (χ3n) is 4.88. The van der Waals surface area contributed by atoms with Gasteiger partial charge in [-0.1, -0.05) is 18.2 Å². The number of benzene rings is 2. The highest BCUT2D eigenvalue weighted by Crippen LogP contribution is 2.26. The standard InChI is InChI=1S/C24H26F2N2O3/c1-24(2,3)23(30)31-22-18(25)11-15(12-19(22)26)13-28-21(29)10-6-7-16-14-27-20-9-5-4-8-17(16)20/h4-5,8-9,11-12,14,27H,6-7,10,13H2,1-3H3,(H,28,29). The quantitative estimate of drug-likeness (QED) is 0.409. The Hall–Kier alpha value is -3.22. The number of fused-ring (bicyclic) bond motifs is 1. The third-order valence-corrected chi connectivity index (χ3v) is 4.88. The molecule has 5 nitrogen and oxygen atoms in total. The average molecular weight is 428 g/mol. The molecule has 0 spiro atoms. The number of nitrogens with one attached hydrogen (secondary N) is 2. The van der Waals surface area contributed by atoms with Gasteiger partial charge in [-0.05, 0) is 62.9 Å². The van der Waals surface area contributed by atoms with Crippen LogP contribution in [0.1, 0.15) is 44.7 Å². The highest BCUT2D eigenvalue weighted by molar-refractivity contribution is 5.83. The molecular formula is C24H26F2N2O3. The number of H-pyrrole nitrogens is 1. The highest BCUT2D eigenvalue weighted by Gasteiger charge is 2.26. The lowest BCUT2D eigenvalue weighted by Gasteiger charge is -2.17. The molecule has 0 aliphatic heterocycles. The molecule has 1 amide bonds. The van der Waals surface area contributed by atoms with Crippen LogP contribution in [0.4, 0.5) is 8.78 Å². The molecule has 0 fully saturated rings. The van der Waals surface area contributed by atoms with Gasteiger partial charge in [0.2, 0.25) is 11.7 Å². The summed E-state index contributed by atoms with van der Waals surface area (Å²) in [4.78, 5) is 27.2. The van der Waals surface area contributed by atoms with Crippen molar-refractivity contribution in [3.8, 4) is 5.75 Å². The van der Waals surface area contributed by atoms with E-state index in [1.165, 1.54) is 0 Å². The lowest BCUT2D eigenvalue weighted by molar-refractivity contribution is -0.143. The zero-order valence-corrected chi connectivity index (χ0v) is 17.9. The molecule has 164 valence electrons. The zero-order valence-electron chi connectivity index (χ0n) is 17.9. The van der Waals surface area contributed by atoms with E-state index >= 15 is 0 Å². The Kier molecular flexibility index (Phi) is 6.73. The molecule has 0 atom stereocenters. The predicted molar refractivity (Wildman–Crippen MR) is 115 cm³/mol. The molecule has 0 aliphatic carbocycles. The van der Waals surface area contributed by atoms with Gasteiger partial charge in [-0.3, -0.25) is 9.59 Å². The maximum atomic E-state index is 14.2. The van der Waals surface area contributed by atoms with Gasteiger partial charge in [0.25, 0.3) is 0 Å². The summed E-state index contributed by atoms with van der Waals surface area (Å²) in [7, 11) is 0. The van der Waals surface area contributed by atoms with Gasteiger partial charge in [0.1, 0.15) is 0 Å². The zero-order chi connectivity index (χ0) is 22.6. The van der Waals surface area contributed by atoms with Crippen molar-refractivity contribution in [2.45, 2.75) is 46.6 Å². The average Bonchev–Trinajstić information content (AvgIpc) is 3.11. The Bertz CT molecular complexity index is 1080. The summed E-state index contributed by atoms with van der Waals surface area (Å²) in [5.74, 6) is -3.64. The molecule has 31 heavy (non-hydrogen) atoms. The molecule has 1 heterocycles. The van der Waals surface area contributed by atoms with Crippen LogP contribution in [0.25, 0.3) is 10.9 Å². The number of hydrogen-bond acceptors (Lipinski definition) is 3. The topological polar surface area (TPSA) is 71.2 Å².